The van der Waals surface area contributed by atoms with Crippen molar-refractivity contribution in [3.8, 4) is 0 Å². The van der Waals surface area contributed by atoms with E-state index in [1.165, 1.54) is 4.68 Å². The molecule has 1 aromatic heterocycles. The Labute approximate surface area is 81.8 Å². The summed E-state index contributed by atoms with van der Waals surface area (Å²) >= 11 is 0. The lowest BCUT2D eigenvalue weighted by Crippen LogP contribution is -2.36. The normalized spacial score (nSPS) is 10.6. The third kappa shape index (κ3) is 2.79. The van der Waals surface area contributed by atoms with E-state index < -0.39 is 0 Å². The zero-order valence-corrected chi connectivity index (χ0v) is 8.27. The first-order valence-corrected chi connectivity index (χ1v) is 4.22. The van der Waals surface area contributed by atoms with Gasteiger partial charge in [-0.05, 0) is 0 Å². The van der Waals surface area contributed by atoms with Gasteiger partial charge in [-0.2, -0.15) is 0 Å². The first kappa shape index (κ1) is 10.6. The van der Waals surface area contributed by atoms with Gasteiger partial charge in [-0.3, -0.25) is 14.9 Å². The quantitative estimate of drug-likeness (QED) is 0.571. The van der Waals surface area contributed by atoms with Crippen molar-refractivity contribution >= 4 is 5.91 Å². The van der Waals surface area contributed by atoms with Crippen LogP contribution in [0, 0.1) is 0 Å². The van der Waals surface area contributed by atoms with E-state index in [-0.39, 0.29) is 11.6 Å². The number of carbonyl (C=O) groups excluding carboxylic acids is 1. The van der Waals surface area contributed by atoms with Gasteiger partial charge in [0.2, 0.25) is 0 Å². The molecule has 1 rings (SSSR count). The molecule has 7 nitrogen and oxygen atoms in total. The molecule has 0 fully saturated rings. The lowest BCUT2D eigenvalue weighted by atomic mass is 10.4. The third-order valence-corrected chi connectivity index (χ3v) is 1.45. The summed E-state index contributed by atoms with van der Waals surface area (Å²) in [5.41, 5.74) is 8.18. The third-order valence-electron chi connectivity index (χ3n) is 1.45. The molecule has 0 aliphatic carbocycles. The Bertz CT molecular complexity index is 307. The average molecular weight is 198 g/mol. The van der Waals surface area contributed by atoms with Crippen LogP contribution in [0.15, 0.2) is 6.20 Å². The van der Waals surface area contributed by atoms with Crippen molar-refractivity contribution in [3.63, 3.8) is 0 Å². The van der Waals surface area contributed by atoms with Gasteiger partial charge in [-0.25, -0.2) is 5.01 Å². The highest BCUT2D eigenvalue weighted by Gasteiger charge is 2.10. The molecular formula is C7H14N6O. The zero-order chi connectivity index (χ0) is 10.6. The molecule has 0 saturated heterocycles. The van der Waals surface area contributed by atoms with Gasteiger partial charge >= 0.3 is 0 Å². The topological polar surface area (TPSA) is 89.1 Å². The second-order valence-corrected chi connectivity index (χ2v) is 2.99. The van der Waals surface area contributed by atoms with Crippen LogP contribution in [0.5, 0.6) is 0 Å². The summed E-state index contributed by atoms with van der Waals surface area (Å²) in [6, 6.07) is 0. The number of nitrogens with zero attached hydrogens (tertiary/aromatic N) is 4. The van der Waals surface area contributed by atoms with Crippen molar-refractivity contribution in [1.82, 2.24) is 25.4 Å². The van der Waals surface area contributed by atoms with Crippen LogP contribution >= 0.6 is 0 Å². The molecule has 14 heavy (non-hydrogen) atoms. The summed E-state index contributed by atoms with van der Waals surface area (Å²) in [5.74, 6) is -0.279. The first-order valence-electron chi connectivity index (χ1n) is 4.22. The molecule has 0 spiro atoms. The monoisotopic (exact) mass is 198 g/mol. The smallest absolute Gasteiger partial charge is 0.287 e. The van der Waals surface area contributed by atoms with Crippen LogP contribution < -0.4 is 11.2 Å². The zero-order valence-electron chi connectivity index (χ0n) is 8.27. The van der Waals surface area contributed by atoms with Crippen molar-refractivity contribution in [3.05, 3.63) is 11.9 Å². The molecule has 0 aromatic carbocycles. The summed E-state index contributed by atoms with van der Waals surface area (Å²) in [4.78, 5) is 11.4. The fourth-order valence-corrected chi connectivity index (χ4v) is 0.904. The summed E-state index contributed by atoms with van der Waals surface area (Å²) < 4.78 is 1.53. The molecule has 0 atom stereocenters. The molecule has 78 valence electrons. The van der Waals surface area contributed by atoms with Crippen LogP contribution in [0.4, 0.5) is 0 Å². The molecule has 0 aliphatic rings. The van der Waals surface area contributed by atoms with Gasteiger partial charge in [0, 0.05) is 20.6 Å². The van der Waals surface area contributed by atoms with E-state index in [4.69, 9.17) is 5.73 Å². The number of hydrogen-bond acceptors (Lipinski definition) is 5. The Kier molecular flexibility index (Phi) is 3.55. The molecule has 0 saturated carbocycles. The van der Waals surface area contributed by atoms with E-state index in [2.05, 4.69) is 15.7 Å². The minimum atomic E-state index is -0.279. The summed E-state index contributed by atoms with van der Waals surface area (Å²) in [5, 5.41) is 8.99. The van der Waals surface area contributed by atoms with Crippen LogP contribution in [0.2, 0.25) is 0 Å². The molecule has 1 aromatic rings. The van der Waals surface area contributed by atoms with Gasteiger partial charge in [0.1, 0.15) is 0 Å². The maximum Gasteiger partial charge on any atom is 0.287 e. The lowest BCUT2D eigenvalue weighted by Gasteiger charge is -2.09. The molecule has 7 heteroatoms. The lowest BCUT2D eigenvalue weighted by molar-refractivity contribution is 0.0851. The van der Waals surface area contributed by atoms with Gasteiger partial charge in [0.05, 0.1) is 12.7 Å². The van der Waals surface area contributed by atoms with Crippen LogP contribution in [0.1, 0.15) is 10.5 Å². The number of amides is 1. The molecule has 0 aliphatic heterocycles. The highest BCUT2D eigenvalue weighted by atomic mass is 16.2. The van der Waals surface area contributed by atoms with Crippen LogP contribution in [-0.2, 0) is 6.54 Å². The van der Waals surface area contributed by atoms with Gasteiger partial charge in [0.15, 0.2) is 5.69 Å². The number of carbonyl (C=O) groups is 1. The Morgan fingerprint density at radius 2 is 2.43 bits per heavy atom. The molecule has 0 unspecified atom stereocenters. The van der Waals surface area contributed by atoms with E-state index >= 15 is 0 Å². The minimum absolute atomic E-state index is 0.279. The summed E-state index contributed by atoms with van der Waals surface area (Å²) in [7, 11) is 3.45. The molecule has 3 N–H and O–H groups in total. The van der Waals surface area contributed by atoms with E-state index in [0.717, 1.165) is 0 Å². The molecular weight excluding hydrogens is 184 g/mol. The Balaban J connectivity index is 2.62. The molecule has 1 heterocycles. The number of rotatable bonds is 4. The average Bonchev–Trinajstić information content (AvgIpc) is 2.52. The van der Waals surface area contributed by atoms with Gasteiger partial charge in [-0.15, -0.1) is 5.10 Å². The largest absolute Gasteiger partial charge is 0.329 e. The van der Waals surface area contributed by atoms with Crippen molar-refractivity contribution in [2.75, 3.05) is 20.6 Å². The van der Waals surface area contributed by atoms with Crippen LogP contribution in [0.25, 0.3) is 0 Å². The number of nitrogens with one attached hydrogen (secondary N) is 1. The maximum atomic E-state index is 11.4. The van der Waals surface area contributed by atoms with Crippen molar-refractivity contribution in [2.45, 2.75) is 6.54 Å². The van der Waals surface area contributed by atoms with E-state index in [9.17, 15) is 4.79 Å². The predicted molar refractivity (Wildman–Crippen MR) is 50.2 cm³/mol. The predicted octanol–water partition coefficient (Wildman–Crippen LogP) is -1.56. The second-order valence-electron chi connectivity index (χ2n) is 2.99. The fraction of sp³-hybridized carbons (Fsp3) is 0.571. The standard InChI is InChI=1S/C7H14N6O/c1-12(2)10-7(14)6-5-13(4-3-8)11-9-6/h5H,3-4,8H2,1-2H3,(H,10,14). The molecule has 0 radical (unpaired) electrons. The van der Waals surface area contributed by atoms with Crippen molar-refractivity contribution in [1.29, 1.82) is 0 Å². The highest BCUT2D eigenvalue weighted by molar-refractivity contribution is 5.91. The SMILES string of the molecule is CN(C)NC(=O)c1cn(CCN)nn1. The van der Waals surface area contributed by atoms with E-state index in [1.807, 2.05) is 0 Å². The molecule has 1 amide bonds. The van der Waals surface area contributed by atoms with Crippen molar-refractivity contribution in [2.24, 2.45) is 5.73 Å². The number of nitrogens with two attached hydrogens (primary N) is 1. The van der Waals surface area contributed by atoms with Crippen molar-refractivity contribution < 1.29 is 4.79 Å². The van der Waals surface area contributed by atoms with E-state index in [0.29, 0.717) is 13.1 Å². The van der Waals surface area contributed by atoms with Gasteiger partial charge < -0.3 is 5.73 Å². The number of hydrogen-bond donors (Lipinski definition) is 2. The van der Waals surface area contributed by atoms with Gasteiger partial charge in [-0.1, -0.05) is 5.21 Å². The van der Waals surface area contributed by atoms with Crippen LogP contribution in [0.3, 0.4) is 0 Å². The fourth-order valence-electron chi connectivity index (χ4n) is 0.904. The van der Waals surface area contributed by atoms with E-state index in [1.54, 1.807) is 25.3 Å². The first-order chi connectivity index (χ1) is 6.63. The maximum absolute atomic E-state index is 11.4. The number of aromatic nitrogens is 3. The van der Waals surface area contributed by atoms with Crippen LogP contribution in [-0.4, -0.2) is 46.6 Å². The Hall–Kier alpha value is -1.47. The summed E-state index contributed by atoms with van der Waals surface area (Å²) in [6.45, 7) is 1.03. The Morgan fingerprint density at radius 3 is 3.00 bits per heavy atom. The highest BCUT2D eigenvalue weighted by Crippen LogP contribution is 1.92. The summed E-state index contributed by atoms with van der Waals surface area (Å²) in [6.07, 6.45) is 1.56. The second kappa shape index (κ2) is 4.68. The van der Waals surface area contributed by atoms with Gasteiger partial charge in [0.25, 0.3) is 5.91 Å². The Morgan fingerprint density at radius 1 is 1.71 bits per heavy atom. The number of hydrazine groups is 1. The molecule has 0 bridgehead atoms. The minimum Gasteiger partial charge on any atom is -0.329 e.